The number of nitrogens with zero attached hydrogens (tertiary/aromatic N) is 3. The number of carbonyl (C=O) groups excluding carboxylic acids is 2. The summed E-state index contributed by atoms with van der Waals surface area (Å²) in [5, 5.41) is 0. The lowest BCUT2D eigenvalue weighted by Crippen LogP contribution is -2.57. The first-order valence-electron chi connectivity index (χ1n) is 10.5. The number of hydrogen-bond acceptors (Lipinski definition) is 3. The molecule has 1 atom stereocenters. The topological polar surface area (TPSA) is 43.9 Å². The molecule has 1 unspecified atom stereocenters. The van der Waals surface area contributed by atoms with Crippen molar-refractivity contribution in [2.75, 3.05) is 33.7 Å². The Labute approximate surface area is 171 Å². The molecule has 4 aliphatic heterocycles. The summed E-state index contributed by atoms with van der Waals surface area (Å²) in [6, 6.07) is 14.2. The first-order valence-corrected chi connectivity index (χ1v) is 10.5. The van der Waals surface area contributed by atoms with Gasteiger partial charge in [-0.05, 0) is 66.7 Å². The van der Waals surface area contributed by atoms with Crippen LogP contribution < -0.4 is 0 Å². The van der Waals surface area contributed by atoms with Gasteiger partial charge in [0.1, 0.15) is 0 Å². The predicted molar refractivity (Wildman–Crippen MR) is 113 cm³/mol. The summed E-state index contributed by atoms with van der Waals surface area (Å²) in [5.41, 5.74) is 4.69. The van der Waals surface area contributed by atoms with Gasteiger partial charge in [0.25, 0.3) is 11.8 Å². The summed E-state index contributed by atoms with van der Waals surface area (Å²) in [4.78, 5) is 31.5. The van der Waals surface area contributed by atoms with Crippen molar-refractivity contribution >= 4 is 11.8 Å². The van der Waals surface area contributed by atoms with E-state index in [-0.39, 0.29) is 11.8 Å². The smallest absolute Gasteiger partial charge is 0.254 e. The molecule has 2 aromatic carbocycles. The summed E-state index contributed by atoms with van der Waals surface area (Å²) in [6.45, 7) is 4.14. The Morgan fingerprint density at radius 1 is 1.00 bits per heavy atom. The standard InChI is InChI=1S/C24H27N3O2/c1-25(2)23(28)18-5-3-16(4-6-18)19-7-8-20-14-27(24(29)21(20)13-19)22-15-26-11-9-17(22)10-12-26/h3-8,13,17,22H,9-12,14-15H2,1-2H3. The predicted octanol–water partition coefficient (Wildman–Crippen LogP) is 3.11. The highest BCUT2D eigenvalue weighted by molar-refractivity contribution is 6.00. The van der Waals surface area contributed by atoms with Crippen LogP contribution in [0.15, 0.2) is 42.5 Å². The van der Waals surface area contributed by atoms with Crippen LogP contribution in [0, 0.1) is 5.92 Å². The van der Waals surface area contributed by atoms with E-state index in [1.54, 1.807) is 19.0 Å². The van der Waals surface area contributed by atoms with Crippen LogP contribution in [0.4, 0.5) is 0 Å². The lowest BCUT2D eigenvalue weighted by atomic mass is 9.83. The van der Waals surface area contributed by atoms with Gasteiger partial charge in [-0.1, -0.05) is 24.3 Å². The van der Waals surface area contributed by atoms with E-state index >= 15 is 0 Å². The van der Waals surface area contributed by atoms with Crippen LogP contribution in [0.5, 0.6) is 0 Å². The number of fused-ring (bicyclic) bond motifs is 4. The lowest BCUT2D eigenvalue weighted by molar-refractivity contribution is 0.00846. The summed E-state index contributed by atoms with van der Waals surface area (Å²) in [7, 11) is 3.51. The molecule has 2 bridgehead atoms. The number of carbonyl (C=O) groups is 2. The van der Waals surface area contributed by atoms with Gasteiger partial charge in [-0.15, -0.1) is 0 Å². The molecule has 3 saturated heterocycles. The van der Waals surface area contributed by atoms with Gasteiger partial charge in [-0.3, -0.25) is 9.59 Å². The van der Waals surface area contributed by atoms with E-state index in [4.69, 9.17) is 0 Å². The van der Waals surface area contributed by atoms with Gasteiger partial charge >= 0.3 is 0 Å². The van der Waals surface area contributed by atoms with Crippen LogP contribution in [-0.4, -0.2) is 66.3 Å². The molecule has 0 aliphatic carbocycles. The largest absolute Gasteiger partial charge is 0.345 e. The molecule has 4 aliphatic rings. The van der Waals surface area contributed by atoms with Crippen molar-refractivity contribution in [2.45, 2.75) is 25.4 Å². The van der Waals surface area contributed by atoms with E-state index in [0.717, 1.165) is 35.3 Å². The Kier molecular flexibility index (Phi) is 4.43. The van der Waals surface area contributed by atoms with Crippen molar-refractivity contribution in [3.05, 3.63) is 59.2 Å². The molecule has 4 heterocycles. The summed E-state index contributed by atoms with van der Waals surface area (Å²) in [6.07, 6.45) is 2.43. The molecule has 6 rings (SSSR count). The van der Waals surface area contributed by atoms with Gasteiger partial charge in [0.05, 0.1) is 0 Å². The quantitative estimate of drug-likeness (QED) is 0.810. The summed E-state index contributed by atoms with van der Waals surface area (Å²) < 4.78 is 0. The van der Waals surface area contributed by atoms with Crippen molar-refractivity contribution in [2.24, 2.45) is 5.92 Å². The maximum atomic E-state index is 13.2. The fraction of sp³-hybridized carbons (Fsp3) is 0.417. The Morgan fingerprint density at radius 3 is 2.31 bits per heavy atom. The molecule has 2 amide bonds. The van der Waals surface area contributed by atoms with Crippen LogP contribution in [-0.2, 0) is 6.54 Å². The molecule has 3 fully saturated rings. The van der Waals surface area contributed by atoms with Gasteiger partial charge in [-0.25, -0.2) is 0 Å². The first kappa shape index (κ1) is 18.4. The Balaban J connectivity index is 1.38. The molecule has 29 heavy (non-hydrogen) atoms. The maximum absolute atomic E-state index is 13.2. The molecule has 5 nitrogen and oxygen atoms in total. The average molecular weight is 389 g/mol. The normalized spacial score (nSPS) is 25.2. The van der Waals surface area contributed by atoms with Crippen molar-refractivity contribution in [1.82, 2.24) is 14.7 Å². The van der Waals surface area contributed by atoms with Gasteiger partial charge in [-0.2, -0.15) is 0 Å². The third-order valence-corrected chi connectivity index (χ3v) is 6.84. The highest BCUT2D eigenvalue weighted by Gasteiger charge is 2.42. The zero-order valence-corrected chi connectivity index (χ0v) is 17.1. The van der Waals surface area contributed by atoms with Crippen molar-refractivity contribution in [3.63, 3.8) is 0 Å². The van der Waals surface area contributed by atoms with Gasteiger partial charge in [0, 0.05) is 44.4 Å². The SMILES string of the molecule is CN(C)C(=O)c1ccc(-c2ccc3c(c2)C(=O)N(C2CN4CCC2CC4)C3)cc1. The second-order valence-electron chi connectivity index (χ2n) is 8.79. The van der Waals surface area contributed by atoms with E-state index in [2.05, 4.69) is 21.9 Å². The molecule has 0 aromatic heterocycles. The fourth-order valence-corrected chi connectivity index (χ4v) is 5.12. The van der Waals surface area contributed by atoms with E-state index in [0.29, 0.717) is 17.5 Å². The van der Waals surface area contributed by atoms with Gasteiger partial charge < -0.3 is 14.7 Å². The van der Waals surface area contributed by atoms with E-state index in [9.17, 15) is 9.59 Å². The molecule has 5 heteroatoms. The van der Waals surface area contributed by atoms with E-state index in [1.165, 1.54) is 25.9 Å². The van der Waals surface area contributed by atoms with Gasteiger partial charge in [0.2, 0.25) is 0 Å². The molecule has 2 aromatic rings. The minimum atomic E-state index is -0.00570. The minimum Gasteiger partial charge on any atom is -0.345 e. The lowest BCUT2D eigenvalue weighted by Gasteiger charge is -2.48. The van der Waals surface area contributed by atoms with Crippen molar-refractivity contribution in [3.8, 4) is 11.1 Å². The molecular weight excluding hydrogens is 362 g/mol. The highest BCUT2D eigenvalue weighted by Crippen LogP contribution is 2.36. The highest BCUT2D eigenvalue weighted by atomic mass is 16.2. The second kappa shape index (κ2) is 6.99. The molecular formula is C24H27N3O2. The number of amides is 2. The zero-order chi connectivity index (χ0) is 20.1. The Morgan fingerprint density at radius 2 is 1.69 bits per heavy atom. The first-order chi connectivity index (χ1) is 14.0. The number of piperidine rings is 3. The minimum absolute atomic E-state index is 0.00570. The van der Waals surface area contributed by atoms with Crippen LogP contribution in [0.3, 0.4) is 0 Å². The second-order valence-corrected chi connectivity index (χ2v) is 8.79. The van der Waals surface area contributed by atoms with Crippen LogP contribution >= 0.6 is 0 Å². The summed E-state index contributed by atoms with van der Waals surface area (Å²) in [5.74, 6) is 0.827. The number of hydrogen-bond donors (Lipinski definition) is 0. The average Bonchev–Trinajstić information content (AvgIpc) is 3.10. The maximum Gasteiger partial charge on any atom is 0.254 e. The third-order valence-electron chi connectivity index (χ3n) is 6.84. The van der Waals surface area contributed by atoms with Crippen LogP contribution in [0.1, 0.15) is 39.1 Å². The monoisotopic (exact) mass is 389 g/mol. The molecule has 150 valence electrons. The van der Waals surface area contributed by atoms with E-state index < -0.39 is 0 Å². The zero-order valence-electron chi connectivity index (χ0n) is 17.1. The molecule has 0 spiro atoms. The van der Waals surface area contributed by atoms with Crippen LogP contribution in [0.25, 0.3) is 11.1 Å². The van der Waals surface area contributed by atoms with Crippen molar-refractivity contribution < 1.29 is 9.59 Å². The third kappa shape index (κ3) is 3.14. The summed E-state index contributed by atoms with van der Waals surface area (Å²) >= 11 is 0. The fourth-order valence-electron chi connectivity index (χ4n) is 5.12. The molecule has 0 N–H and O–H groups in total. The Bertz CT molecular complexity index is 959. The number of rotatable bonds is 3. The van der Waals surface area contributed by atoms with Gasteiger partial charge in [0.15, 0.2) is 0 Å². The Hall–Kier alpha value is -2.66. The van der Waals surface area contributed by atoms with Crippen molar-refractivity contribution in [1.29, 1.82) is 0 Å². The van der Waals surface area contributed by atoms with Crippen LogP contribution in [0.2, 0.25) is 0 Å². The number of benzene rings is 2. The molecule has 0 radical (unpaired) electrons. The van der Waals surface area contributed by atoms with E-state index in [1.807, 2.05) is 30.3 Å². The molecule has 0 saturated carbocycles.